The Labute approximate surface area is 58.8 Å². The van der Waals surface area contributed by atoms with Gasteiger partial charge in [-0.3, -0.25) is 0 Å². The van der Waals surface area contributed by atoms with Crippen molar-refractivity contribution in [1.29, 1.82) is 0 Å². The molecule has 0 spiro atoms. The minimum Gasteiger partial charge on any atom is -0.450 e. The lowest BCUT2D eigenvalue weighted by atomic mass is 10.2. The first-order valence-corrected chi connectivity index (χ1v) is 2.98. The van der Waals surface area contributed by atoms with Gasteiger partial charge < -0.3 is 14.6 Å². The zero-order valence-corrected chi connectivity index (χ0v) is 5.79. The molecule has 0 bridgehead atoms. The average Bonchev–Trinajstić information content (AvgIpc) is 1.79. The molecule has 0 radical (unpaired) electrons. The van der Waals surface area contributed by atoms with Crippen molar-refractivity contribution >= 4 is 11.9 Å². The van der Waals surface area contributed by atoms with Crippen molar-refractivity contribution in [3.05, 3.63) is 0 Å². The third kappa shape index (κ3) is 6.94. The highest BCUT2D eigenvalue weighted by Crippen LogP contribution is 1.90. The molecule has 0 aliphatic heterocycles. The first-order valence-electron chi connectivity index (χ1n) is 2.98. The van der Waals surface area contributed by atoms with Gasteiger partial charge in [0.25, 0.3) is 0 Å². The predicted octanol–water partition coefficient (Wildman–Crippen LogP) is 1.05. The molecule has 4 heteroatoms. The maximum atomic E-state index is 10.3. The van der Waals surface area contributed by atoms with Crippen LogP contribution in [-0.2, 0) is 9.53 Å². The van der Waals surface area contributed by atoms with E-state index in [4.69, 9.17) is 5.11 Å². The van der Waals surface area contributed by atoms with Gasteiger partial charge in [0.05, 0.1) is 6.61 Å². The van der Waals surface area contributed by atoms with Crippen molar-refractivity contribution in [2.75, 3.05) is 6.61 Å². The SMILES string of the molecule is CC(=O)CCCOC(=O)O. The first-order chi connectivity index (χ1) is 4.63. The summed E-state index contributed by atoms with van der Waals surface area (Å²) in [5, 5.41) is 7.97. The van der Waals surface area contributed by atoms with E-state index in [2.05, 4.69) is 4.74 Å². The lowest BCUT2D eigenvalue weighted by Crippen LogP contribution is -2.03. The predicted molar refractivity (Wildman–Crippen MR) is 33.9 cm³/mol. The van der Waals surface area contributed by atoms with Crippen molar-refractivity contribution in [3.63, 3.8) is 0 Å². The topological polar surface area (TPSA) is 63.6 Å². The van der Waals surface area contributed by atoms with Crippen LogP contribution in [0.4, 0.5) is 4.79 Å². The fourth-order valence-corrected chi connectivity index (χ4v) is 0.481. The Kier molecular flexibility index (Phi) is 4.28. The van der Waals surface area contributed by atoms with E-state index in [0.717, 1.165) is 0 Å². The van der Waals surface area contributed by atoms with Gasteiger partial charge in [-0.1, -0.05) is 0 Å². The fraction of sp³-hybridized carbons (Fsp3) is 0.667. The van der Waals surface area contributed by atoms with Crippen molar-refractivity contribution in [3.8, 4) is 0 Å². The normalized spacial score (nSPS) is 8.90. The van der Waals surface area contributed by atoms with Gasteiger partial charge in [-0.2, -0.15) is 0 Å². The first kappa shape index (κ1) is 8.94. The molecule has 1 N–H and O–H groups in total. The Bertz CT molecular complexity index is 114. The number of carbonyl (C=O) groups excluding carboxylic acids is 1. The molecule has 0 aromatic heterocycles. The highest BCUT2D eigenvalue weighted by atomic mass is 16.7. The second-order valence-corrected chi connectivity index (χ2v) is 1.92. The molecule has 0 amide bonds. The van der Waals surface area contributed by atoms with Gasteiger partial charge in [0, 0.05) is 6.42 Å². The van der Waals surface area contributed by atoms with Crippen LogP contribution in [0.1, 0.15) is 19.8 Å². The van der Waals surface area contributed by atoms with Crippen molar-refractivity contribution < 1.29 is 19.4 Å². The van der Waals surface area contributed by atoms with Crippen LogP contribution in [0.3, 0.4) is 0 Å². The van der Waals surface area contributed by atoms with Crippen LogP contribution in [0.25, 0.3) is 0 Å². The molecule has 10 heavy (non-hydrogen) atoms. The molecule has 0 unspecified atom stereocenters. The molecule has 0 heterocycles. The van der Waals surface area contributed by atoms with Gasteiger partial charge in [0.1, 0.15) is 5.78 Å². The Morgan fingerprint density at radius 2 is 2.10 bits per heavy atom. The average molecular weight is 146 g/mol. The minimum atomic E-state index is -1.29. The van der Waals surface area contributed by atoms with Gasteiger partial charge in [0.15, 0.2) is 0 Å². The fourth-order valence-electron chi connectivity index (χ4n) is 0.481. The molecule has 0 aliphatic carbocycles. The van der Waals surface area contributed by atoms with E-state index in [1.807, 2.05) is 0 Å². The molecule has 0 saturated carbocycles. The maximum absolute atomic E-state index is 10.3. The molecule has 0 atom stereocenters. The Hall–Kier alpha value is -1.06. The number of Topliss-reactive ketones (excluding diaryl/α,β-unsaturated/α-hetero) is 1. The van der Waals surface area contributed by atoms with E-state index in [9.17, 15) is 9.59 Å². The standard InChI is InChI=1S/C6H10O4/c1-5(7)3-2-4-10-6(8)9/h2-4H2,1H3,(H,8,9). The number of rotatable bonds is 4. The summed E-state index contributed by atoms with van der Waals surface area (Å²) in [6.07, 6.45) is -0.432. The summed E-state index contributed by atoms with van der Waals surface area (Å²) >= 11 is 0. The van der Waals surface area contributed by atoms with Gasteiger partial charge >= 0.3 is 6.16 Å². The van der Waals surface area contributed by atoms with Crippen molar-refractivity contribution in [1.82, 2.24) is 0 Å². The minimum absolute atomic E-state index is 0.0500. The van der Waals surface area contributed by atoms with Crippen LogP contribution in [0.5, 0.6) is 0 Å². The van der Waals surface area contributed by atoms with E-state index in [-0.39, 0.29) is 12.4 Å². The molecule has 4 nitrogen and oxygen atoms in total. The van der Waals surface area contributed by atoms with E-state index in [1.165, 1.54) is 6.92 Å². The molecule has 0 rings (SSSR count). The van der Waals surface area contributed by atoms with Gasteiger partial charge in [0.2, 0.25) is 0 Å². The molecular weight excluding hydrogens is 136 g/mol. The molecule has 0 aromatic carbocycles. The van der Waals surface area contributed by atoms with Gasteiger partial charge in [-0.15, -0.1) is 0 Å². The highest BCUT2D eigenvalue weighted by Gasteiger charge is 1.96. The summed E-state index contributed by atoms with van der Waals surface area (Å²) in [5.41, 5.74) is 0. The highest BCUT2D eigenvalue weighted by molar-refractivity contribution is 5.75. The largest absolute Gasteiger partial charge is 0.505 e. The van der Waals surface area contributed by atoms with E-state index in [0.29, 0.717) is 12.8 Å². The Morgan fingerprint density at radius 1 is 1.50 bits per heavy atom. The molecular formula is C6H10O4. The van der Waals surface area contributed by atoms with Crippen LogP contribution < -0.4 is 0 Å². The molecule has 0 aromatic rings. The summed E-state index contributed by atoms with van der Waals surface area (Å²) < 4.78 is 4.16. The van der Waals surface area contributed by atoms with Crippen LogP contribution in [0.15, 0.2) is 0 Å². The smallest absolute Gasteiger partial charge is 0.450 e. The van der Waals surface area contributed by atoms with Crippen molar-refractivity contribution in [2.24, 2.45) is 0 Å². The molecule has 0 saturated heterocycles. The van der Waals surface area contributed by atoms with Gasteiger partial charge in [-0.25, -0.2) is 4.79 Å². The lowest BCUT2D eigenvalue weighted by Gasteiger charge is -1.96. The van der Waals surface area contributed by atoms with E-state index in [1.54, 1.807) is 0 Å². The zero-order chi connectivity index (χ0) is 7.98. The quantitative estimate of drug-likeness (QED) is 0.475. The number of hydrogen-bond acceptors (Lipinski definition) is 3. The summed E-state index contributed by atoms with van der Waals surface area (Å²) in [6, 6.07) is 0. The monoisotopic (exact) mass is 146 g/mol. The molecule has 0 aliphatic rings. The van der Waals surface area contributed by atoms with E-state index < -0.39 is 6.16 Å². The third-order valence-corrected chi connectivity index (χ3v) is 0.899. The van der Waals surface area contributed by atoms with Crippen LogP contribution in [0, 0.1) is 0 Å². The second kappa shape index (κ2) is 4.78. The number of ether oxygens (including phenoxy) is 1. The van der Waals surface area contributed by atoms with Crippen molar-refractivity contribution in [2.45, 2.75) is 19.8 Å². The summed E-state index contributed by atoms with van der Waals surface area (Å²) in [4.78, 5) is 20.0. The Morgan fingerprint density at radius 3 is 2.50 bits per heavy atom. The van der Waals surface area contributed by atoms with Crippen LogP contribution in [0.2, 0.25) is 0 Å². The van der Waals surface area contributed by atoms with E-state index >= 15 is 0 Å². The van der Waals surface area contributed by atoms with Gasteiger partial charge in [-0.05, 0) is 13.3 Å². The summed E-state index contributed by atoms with van der Waals surface area (Å²) in [7, 11) is 0. The molecule has 0 fully saturated rings. The van der Waals surface area contributed by atoms with Crippen LogP contribution >= 0.6 is 0 Å². The third-order valence-electron chi connectivity index (χ3n) is 0.899. The Balaban J connectivity index is 3.06. The second-order valence-electron chi connectivity index (χ2n) is 1.92. The number of ketones is 1. The maximum Gasteiger partial charge on any atom is 0.505 e. The number of carbonyl (C=O) groups is 2. The molecule has 58 valence electrons. The summed E-state index contributed by atoms with van der Waals surface area (Å²) in [6.45, 7) is 1.57. The van der Waals surface area contributed by atoms with Crippen LogP contribution in [-0.4, -0.2) is 23.7 Å². The lowest BCUT2D eigenvalue weighted by molar-refractivity contribution is -0.117. The number of carboxylic acid groups (broad SMARTS) is 1. The zero-order valence-electron chi connectivity index (χ0n) is 5.79. The number of hydrogen-bond donors (Lipinski definition) is 1. The summed E-state index contributed by atoms with van der Waals surface area (Å²) in [5.74, 6) is 0.0500.